The van der Waals surface area contributed by atoms with Crippen LogP contribution in [0.5, 0.6) is 0 Å². The van der Waals surface area contributed by atoms with Crippen LogP contribution >= 0.6 is 11.6 Å². The maximum atomic E-state index is 12.3. The number of aromatic nitrogens is 4. The molecule has 2 aromatic rings. The van der Waals surface area contributed by atoms with Crippen molar-refractivity contribution in [2.45, 2.75) is 31.8 Å². The Bertz CT molecular complexity index is 748. The van der Waals surface area contributed by atoms with Crippen LogP contribution in [0.2, 0.25) is 5.02 Å². The van der Waals surface area contributed by atoms with Crippen molar-refractivity contribution in [2.24, 2.45) is 13.0 Å². The maximum absolute atomic E-state index is 12.3. The molecule has 0 radical (unpaired) electrons. The Morgan fingerprint density at radius 1 is 1.46 bits per heavy atom. The molecule has 1 aliphatic carbocycles. The number of pyridine rings is 1. The van der Waals surface area contributed by atoms with Crippen LogP contribution in [0.25, 0.3) is 0 Å². The lowest BCUT2D eigenvalue weighted by Crippen LogP contribution is -2.32. The predicted octanol–water partition coefficient (Wildman–Crippen LogP) is 1.46. The molecule has 128 valence electrons. The molecule has 1 amide bonds. The third-order valence-corrected chi connectivity index (χ3v) is 5.07. The Kier molecular flexibility index (Phi) is 4.82. The number of carbonyl (C=O) groups is 1. The Labute approximate surface area is 145 Å². The second-order valence-electron chi connectivity index (χ2n) is 6.30. The molecular formula is C16H20ClN5O2. The van der Waals surface area contributed by atoms with E-state index in [-0.39, 0.29) is 17.7 Å². The zero-order chi connectivity index (χ0) is 17.3. The van der Waals surface area contributed by atoms with Gasteiger partial charge in [-0.1, -0.05) is 11.6 Å². The summed E-state index contributed by atoms with van der Waals surface area (Å²) in [5.74, 6) is 0.793. The van der Waals surface area contributed by atoms with Crippen molar-refractivity contribution in [3.05, 3.63) is 40.7 Å². The normalized spacial score (nSPS) is 23.4. The van der Waals surface area contributed by atoms with E-state index in [4.69, 9.17) is 11.6 Å². The average molecular weight is 350 g/mol. The maximum Gasteiger partial charge on any atom is 0.253 e. The molecule has 24 heavy (non-hydrogen) atoms. The molecule has 0 saturated heterocycles. The van der Waals surface area contributed by atoms with E-state index in [0.717, 1.165) is 12.2 Å². The quantitative estimate of drug-likeness (QED) is 0.871. The van der Waals surface area contributed by atoms with Crippen LogP contribution in [0.1, 0.15) is 40.5 Å². The van der Waals surface area contributed by atoms with Gasteiger partial charge in [-0.25, -0.2) is 0 Å². The molecule has 8 heteroatoms. The van der Waals surface area contributed by atoms with E-state index >= 15 is 0 Å². The summed E-state index contributed by atoms with van der Waals surface area (Å²) in [5.41, 5.74) is 1.16. The van der Waals surface area contributed by atoms with Crippen molar-refractivity contribution in [1.82, 2.24) is 25.1 Å². The second kappa shape index (κ2) is 6.86. The van der Waals surface area contributed by atoms with Gasteiger partial charge in [0.05, 0.1) is 16.7 Å². The predicted molar refractivity (Wildman–Crippen MR) is 88.8 cm³/mol. The van der Waals surface area contributed by atoms with Gasteiger partial charge in [0, 0.05) is 37.8 Å². The minimum Gasteiger partial charge on any atom is -0.393 e. The summed E-state index contributed by atoms with van der Waals surface area (Å²) in [5, 5.41) is 21.6. The minimum atomic E-state index is -0.467. The summed E-state index contributed by atoms with van der Waals surface area (Å²) in [4.78, 5) is 16.3. The van der Waals surface area contributed by atoms with Gasteiger partial charge in [0.25, 0.3) is 5.91 Å². The van der Waals surface area contributed by atoms with Crippen LogP contribution in [0.15, 0.2) is 18.7 Å². The van der Waals surface area contributed by atoms with E-state index < -0.39 is 6.10 Å². The molecule has 3 atom stereocenters. The smallest absolute Gasteiger partial charge is 0.253 e. The zero-order valence-corrected chi connectivity index (χ0v) is 14.4. The Hall–Kier alpha value is -1.99. The number of halogens is 1. The molecule has 7 nitrogen and oxygen atoms in total. The van der Waals surface area contributed by atoms with Crippen molar-refractivity contribution in [2.75, 3.05) is 6.54 Å². The number of aliphatic hydroxyl groups is 1. The first-order valence-corrected chi connectivity index (χ1v) is 8.25. The first kappa shape index (κ1) is 16.9. The van der Waals surface area contributed by atoms with E-state index in [1.807, 2.05) is 11.6 Å². The number of aryl methyl sites for hydroxylation is 1. The van der Waals surface area contributed by atoms with Crippen LogP contribution in [-0.4, -0.2) is 43.4 Å². The summed E-state index contributed by atoms with van der Waals surface area (Å²) >= 11 is 6.00. The standard InChI is InChI=1S/C16H20ClN5O2/c1-9-12(6-18-7-13(9)17)16(24)19-5-11-3-10(4-14(11)23)15-21-20-8-22(15)2/h6-8,10-11,14,23H,3-5H2,1-2H3,(H,19,24)/t10-,11+,14+/m0/s1. The lowest BCUT2D eigenvalue weighted by atomic mass is 10.0. The van der Waals surface area contributed by atoms with Gasteiger partial charge < -0.3 is 15.0 Å². The fraction of sp³-hybridized carbons (Fsp3) is 0.500. The number of nitrogens with one attached hydrogen (secondary N) is 1. The number of amides is 1. The molecular weight excluding hydrogens is 330 g/mol. The Morgan fingerprint density at radius 2 is 2.25 bits per heavy atom. The number of rotatable bonds is 4. The van der Waals surface area contributed by atoms with Gasteiger partial charge in [-0.15, -0.1) is 10.2 Å². The highest BCUT2D eigenvalue weighted by Crippen LogP contribution is 2.37. The van der Waals surface area contributed by atoms with Crippen LogP contribution < -0.4 is 5.32 Å². The monoisotopic (exact) mass is 349 g/mol. The number of hydrogen-bond donors (Lipinski definition) is 2. The van der Waals surface area contributed by atoms with Gasteiger partial charge in [0.1, 0.15) is 12.2 Å². The summed E-state index contributed by atoms with van der Waals surface area (Å²) in [7, 11) is 1.89. The highest BCUT2D eigenvalue weighted by Gasteiger charge is 2.36. The lowest BCUT2D eigenvalue weighted by molar-refractivity contribution is 0.0916. The molecule has 3 rings (SSSR count). The number of aliphatic hydroxyl groups excluding tert-OH is 1. The van der Waals surface area contributed by atoms with Gasteiger partial charge in [-0.3, -0.25) is 9.78 Å². The SMILES string of the molecule is Cc1c(Cl)cncc1C(=O)NC[C@H]1C[C@H](c2nncn2C)C[C@H]1O. The molecule has 1 saturated carbocycles. The van der Waals surface area contributed by atoms with Crippen molar-refractivity contribution in [1.29, 1.82) is 0 Å². The number of hydrogen-bond acceptors (Lipinski definition) is 5. The van der Waals surface area contributed by atoms with Gasteiger partial charge in [0.2, 0.25) is 0 Å². The van der Waals surface area contributed by atoms with Crippen LogP contribution in [0, 0.1) is 12.8 Å². The summed E-state index contributed by atoms with van der Waals surface area (Å²) in [6, 6.07) is 0. The van der Waals surface area contributed by atoms with Crippen LogP contribution in [0.3, 0.4) is 0 Å². The molecule has 0 spiro atoms. The first-order chi connectivity index (χ1) is 11.5. The Balaban J connectivity index is 1.61. The van der Waals surface area contributed by atoms with E-state index in [1.54, 1.807) is 13.3 Å². The van der Waals surface area contributed by atoms with Crippen LogP contribution in [-0.2, 0) is 7.05 Å². The van der Waals surface area contributed by atoms with Gasteiger partial charge in [0.15, 0.2) is 0 Å². The van der Waals surface area contributed by atoms with Crippen molar-refractivity contribution in [3.63, 3.8) is 0 Å². The molecule has 2 aromatic heterocycles. The van der Waals surface area contributed by atoms with E-state index in [2.05, 4.69) is 20.5 Å². The summed E-state index contributed by atoms with van der Waals surface area (Å²) in [6.45, 7) is 2.19. The van der Waals surface area contributed by atoms with E-state index in [9.17, 15) is 9.90 Å². The summed E-state index contributed by atoms with van der Waals surface area (Å²) < 4.78 is 1.87. The lowest BCUT2D eigenvalue weighted by Gasteiger charge is -2.15. The molecule has 1 fully saturated rings. The fourth-order valence-electron chi connectivity index (χ4n) is 3.24. The molecule has 0 aromatic carbocycles. The minimum absolute atomic E-state index is 0.0110. The van der Waals surface area contributed by atoms with Crippen LogP contribution in [0.4, 0.5) is 0 Å². The summed E-state index contributed by atoms with van der Waals surface area (Å²) in [6.07, 6.45) is 5.60. The van der Waals surface area contributed by atoms with Gasteiger partial charge in [-0.05, 0) is 25.3 Å². The second-order valence-corrected chi connectivity index (χ2v) is 6.71. The number of nitrogens with zero attached hydrogens (tertiary/aromatic N) is 4. The molecule has 1 aliphatic rings. The van der Waals surface area contributed by atoms with E-state index in [0.29, 0.717) is 29.1 Å². The molecule has 0 bridgehead atoms. The topological polar surface area (TPSA) is 92.9 Å². The highest BCUT2D eigenvalue weighted by molar-refractivity contribution is 6.31. The number of carbonyl (C=O) groups excluding carboxylic acids is 1. The first-order valence-electron chi connectivity index (χ1n) is 7.87. The van der Waals surface area contributed by atoms with Gasteiger partial charge >= 0.3 is 0 Å². The van der Waals surface area contributed by atoms with E-state index in [1.165, 1.54) is 12.4 Å². The largest absolute Gasteiger partial charge is 0.393 e. The molecule has 2 heterocycles. The van der Waals surface area contributed by atoms with Gasteiger partial charge in [-0.2, -0.15) is 0 Å². The third-order valence-electron chi connectivity index (χ3n) is 4.69. The zero-order valence-electron chi connectivity index (χ0n) is 13.6. The highest BCUT2D eigenvalue weighted by atomic mass is 35.5. The van der Waals surface area contributed by atoms with Crippen molar-refractivity contribution < 1.29 is 9.90 Å². The molecule has 0 unspecified atom stereocenters. The van der Waals surface area contributed by atoms with Crippen molar-refractivity contribution in [3.8, 4) is 0 Å². The fourth-order valence-corrected chi connectivity index (χ4v) is 3.40. The molecule has 0 aliphatic heterocycles. The Morgan fingerprint density at radius 3 is 2.96 bits per heavy atom. The average Bonchev–Trinajstić information content (AvgIpc) is 3.13. The van der Waals surface area contributed by atoms with Crippen molar-refractivity contribution >= 4 is 17.5 Å². The third kappa shape index (κ3) is 3.27. The molecule has 2 N–H and O–H groups in total.